The molecule has 1 aromatic rings. The van der Waals surface area contributed by atoms with Crippen molar-refractivity contribution in [2.24, 2.45) is 0 Å². The molecule has 0 amide bonds. The molecule has 0 aromatic heterocycles. The molecule has 1 aliphatic heterocycles. The number of rotatable bonds is 3. The summed E-state index contributed by atoms with van der Waals surface area (Å²) in [6.07, 6.45) is 0. The van der Waals surface area contributed by atoms with Gasteiger partial charge in [-0.1, -0.05) is 18.2 Å². The Morgan fingerprint density at radius 3 is 2.68 bits per heavy atom. The van der Waals surface area contributed by atoms with Crippen molar-refractivity contribution in [1.82, 2.24) is 10.6 Å². The minimum atomic E-state index is -0.276. The van der Waals surface area contributed by atoms with Crippen molar-refractivity contribution >= 4 is 23.1 Å². The van der Waals surface area contributed by atoms with Gasteiger partial charge < -0.3 is 15.4 Å². The van der Waals surface area contributed by atoms with Crippen LogP contribution < -0.4 is 15.4 Å². The van der Waals surface area contributed by atoms with Crippen molar-refractivity contribution in [3.8, 4) is 5.75 Å². The van der Waals surface area contributed by atoms with E-state index in [4.69, 9.17) is 17.0 Å². The fourth-order valence-corrected chi connectivity index (χ4v) is 2.57. The lowest BCUT2D eigenvalue weighted by atomic mass is 9.92. The van der Waals surface area contributed by atoms with E-state index >= 15 is 0 Å². The molecule has 0 spiro atoms. The van der Waals surface area contributed by atoms with Crippen molar-refractivity contribution in [2.75, 3.05) is 7.11 Å². The molecule has 0 saturated heterocycles. The van der Waals surface area contributed by atoms with Crippen LogP contribution in [0.2, 0.25) is 0 Å². The van der Waals surface area contributed by atoms with Gasteiger partial charge in [-0.3, -0.25) is 4.79 Å². The molecule has 0 fully saturated rings. The molecule has 1 atom stereocenters. The molecule has 1 unspecified atom stereocenters. The summed E-state index contributed by atoms with van der Waals surface area (Å²) in [5, 5.41) is 6.63. The topological polar surface area (TPSA) is 50.4 Å². The number of carbonyl (C=O) groups excluding carboxylic acids is 1. The van der Waals surface area contributed by atoms with Crippen molar-refractivity contribution in [3.63, 3.8) is 0 Å². The number of methoxy groups -OCH3 is 1. The standard InChI is InChI=1S/C14H16N2O2S/c1-8-12(9(2)17)13(16-14(19)15-8)10-6-4-5-7-11(10)18-3/h4-7,13H,1-3H3,(H2,15,16,19). The minimum absolute atomic E-state index is 0.0101. The maximum atomic E-state index is 11.9. The van der Waals surface area contributed by atoms with Gasteiger partial charge in [0.1, 0.15) is 5.75 Å². The average Bonchev–Trinajstić information content (AvgIpc) is 2.37. The number of nitrogens with one attached hydrogen (secondary N) is 2. The Morgan fingerprint density at radius 2 is 2.05 bits per heavy atom. The molecule has 5 heteroatoms. The summed E-state index contributed by atoms with van der Waals surface area (Å²) in [4.78, 5) is 11.9. The van der Waals surface area contributed by atoms with Crippen LogP contribution in [-0.4, -0.2) is 18.0 Å². The van der Waals surface area contributed by atoms with Crippen LogP contribution in [0, 0.1) is 0 Å². The normalized spacial score (nSPS) is 18.7. The predicted octanol–water partition coefficient (Wildman–Crippen LogP) is 2.08. The smallest absolute Gasteiger partial charge is 0.171 e. The monoisotopic (exact) mass is 276 g/mol. The van der Waals surface area contributed by atoms with E-state index < -0.39 is 0 Å². The van der Waals surface area contributed by atoms with Gasteiger partial charge in [-0.25, -0.2) is 0 Å². The van der Waals surface area contributed by atoms with Crippen LogP contribution >= 0.6 is 12.2 Å². The third-order valence-corrected chi connectivity index (χ3v) is 3.32. The number of Topliss-reactive ketones (excluding diaryl/α,β-unsaturated/α-hetero) is 1. The number of para-hydroxylation sites is 1. The molecule has 1 aliphatic rings. The zero-order chi connectivity index (χ0) is 14.0. The van der Waals surface area contributed by atoms with E-state index in [9.17, 15) is 4.79 Å². The molecule has 0 aliphatic carbocycles. The second kappa shape index (κ2) is 5.40. The van der Waals surface area contributed by atoms with Crippen LogP contribution in [0.3, 0.4) is 0 Å². The van der Waals surface area contributed by atoms with Crippen molar-refractivity contribution in [3.05, 3.63) is 41.1 Å². The van der Waals surface area contributed by atoms with E-state index in [-0.39, 0.29) is 11.8 Å². The zero-order valence-corrected chi connectivity index (χ0v) is 11.9. The number of hydrogen-bond donors (Lipinski definition) is 2. The van der Waals surface area contributed by atoms with Gasteiger partial charge in [0, 0.05) is 16.8 Å². The lowest BCUT2D eigenvalue weighted by molar-refractivity contribution is -0.114. The molecule has 1 aromatic carbocycles. The summed E-state index contributed by atoms with van der Waals surface area (Å²) < 4.78 is 5.36. The van der Waals surface area contributed by atoms with Gasteiger partial charge in [0.25, 0.3) is 0 Å². The van der Waals surface area contributed by atoms with Crippen LogP contribution in [-0.2, 0) is 4.79 Å². The molecule has 2 N–H and O–H groups in total. The second-order valence-electron chi connectivity index (χ2n) is 4.37. The summed E-state index contributed by atoms with van der Waals surface area (Å²) in [7, 11) is 1.61. The highest BCUT2D eigenvalue weighted by Crippen LogP contribution is 2.32. The van der Waals surface area contributed by atoms with Crippen LogP contribution in [0.1, 0.15) is 25.5 Å². The third-order valence-electron chi connectivity index (χ3n) is 3.10. The molecular formula is C14H16N2O2S. The van der Waals surface area contributed by atoms with Crippen molar-refractivity contribution in [2.45, 2.75) is 19.9 Å². The molecular weight excluding hydrogens is 260 g/mol. The number of carbonyl (C=O) groups is 1. The molecule has 0 radical (unpaired) electrons. The summed E-state index contributed by atoms with van der Waals surface area (Å²) in [6.45, 7) is 3.41. The summed E-state index contributed by atoms with van der Waals surface area (Å²) >= 11 is 5.17. The first-order valence-electron chi connectivity index (χ1n) is 5.96. The van der Waals surface area contributed by atoms with Gasteiger partial charge in [0.05, 0.1) is 13.2 Å². The van der Waals surface area contributed by atoms with E-state index in [1.54, 1.807) is 14.0 Å². The van der Waals surface area contributed by atoms with E-state index in [1.807, 2.05) is 31.2 Å². The number of thiocarbonyl (C=S) groups is 1. The summed E-state index contributed by atoms with van der Waals surface area (Å²) in [5.41, 5.74) is 2.36. The van der Waals surface area contributed by atoms with Crippen LogP contribution in [0.4, 0.5) is 0 Å². The first-order valence-corrected chi connectivity index (χ1v) is 6.37. The summed E-state index contributed by atoms with van der Waals surface area (Å²) in [6, 6.07) is 7.33. The number of benzene rings is 1. The highest BCUT2D eigenvalue weighted by molar-refractivity contribution is 7.80. The largest absolute Gasteiger partial charge is 0.496 e. The first kappa shape index (κ1) is 13.5. The van der Waals surface area contributed by atoms with Crippen LogP contribution in [0.15, 0.2) is 35.5 Å². The van der Waals surface area contributed by atoms with Gasteiger partial charge in [0.15, 0.2) is 10.9 Å². The number of hydrogen-bond acceptors (Lipinski definition) is 3. The lowest BCUT2D eigenvalue weighted by Gasteiger charge is -2.30. The number of ether oxygens (including phenoxy) is 1. The van der Waals surface area contributed by atoms with E-state index in [0.29, 0.717) is 10.7 Å². The Bertz CT molecular complexity index is 566. The van der Waals surface area contributed by atoms with Gasteiger partial charge in [0.2, 0.25) is 0 Å². The predicted molar refractivity (Wildman–Crippen MR) is 78.0 cm³/mol. The first-order chi connectivity index (χ1) is 9.04. The van der Waals surface area contributed by atoms with Gasteiger partial charge in [-0.15, -0.1) is 0 Å². The van der Waals surface area contributed by atoms with Crippen molar-refractivity contribution < 1.29 is 9.53 Å². The third kappa shape index (κ3) is 2.61. The Labute approximate surface area is 117 Å². The van der Waals surface area contributed by atoms with Crippen molar-refractivity contribution in [1.29, 1.82) is 0 Å². The quantitative estimate of drug-likeness (QED) is 0.828. The number of allylic oxidation sites excluding steroid dienone is 1. The van der Waals surface area contributed by atoms with Crippen LogP contribution in [0.25, 0.3) is 0 Å². The molecule has 2 rings (SSSR count). The van der Waals surface area contributed by atoms with E-state index in [2.05, 4.69) is 10.6 Å². The maximum absolute atomic E-state index is 11.9. The fraction of sp³-hybridized carbons (Fsp3) is 0.286. The average molecular weight is 276 g/mol. The van der Waals surface area contributed by atoms with Gasteiger partial charge in [-0.2, -0.15) is 0 Å². The Kier molecular flexibility index (Phi) is 3.85. The van der Waals surface area contributed by atoms with Gasteiger partial charge in [-0.05, 0) is 32.1 Å². The zero-order valence-electron chi connectivity index (χ0n) is 11.1. The lowest BCUT2D eigenvalue weighted by Crippen LogP contribution is -2.44. The maximum Gasteiger partial charge on any atom is 0.171 e. The van der Waals surface area contributed by atoms with E-state index in [0.717, 1.165) is 17.0 Å². The van der Waals surface area contributed by atoms with Crippen LogP contribution in [0.5, 0.6) is 5.75 Å². The Morgan fingerprint density at radius 1 is 1.37 bits per heavy atom. The minimum Gasteiger partial charge on any atom is -0.496 e. The van der Waals surface area contributed by atoms with Gasteiger partial charge >= 0.3 is 0 Å². The SMILES string of the molecule is COc1ccccc1C1NC(=S)NC(C)=C1C(C)=O. The molecule has 0 bridgehead atoms. The van der Waals surface area contributed by atoms with E-state index in [1.165, 1.54) is 0 Å². The highest BCUT2D eigenvalue weighted by Gasteiger charge is 2.29. The molecule has 100 valence electrons. The Balaban J connectivity index is 2.55. The second-order valence-corrected chi connectivity index (χ2v) is 4.78. The molecule has 4 nitrogen and oxygen atoms in total. The molecule has 19 heavy (non-hydrogen) atoms. The Hall–Kier alpha value is -1.88. The molecule has 0 saturated carbocycles. The molecule has 1 heterocycles. The highest BCUT2D eigenvalue weighted by atomic mass is 32.1. The number of ketones is 1. The fourth-order valence-electron chi connectivity index (χ4n) is 2.30. The summed E-state index contributed by atoms with van der Waals surface area (Å²) in [5.74, 6) is 0.743.